The van der Waals surface area contributed by atoms with E-state index in [1.54, 1.807) is 15.9 Å². The molecule has 0 bridgehead atoms. The van der Waals surface area contributed by atoms with Crippen LogP contribution in [-0.4, -0.2) is 72.2 Å². The lowest BCUT2D eigenvalue weighted by Gasteiger charge is -2.27. The number of carbonyl (C=O) groups is 2. The van der Waals surface area contributed by atoms with E-state index in [-0.39, 0.29) is 35.1 Å². The smallest absolute Gasteiger partial charge is 0.272 e. The molecule has 8 heteroatoms. The highest BCUT2D eigenvalue weighted by molar-refractivity contribution is 7.91. The predicted octanol–water partition coefficient (Wildman–Crippen LogP) is 0.967. The van der Waals surface area contributed by atoms with E-state index < -0.39 is 9.84 Å². The summed E-state index contributed by atoms with van der Waals surface area (Å²) in [6.07, 6.45) is 3.91. The van der Waals surface area contributed by atoms with Crippen molar-refractivity contribution in [3.05, 3.63) is 29.6 Å². The molecule has 1 unspecified atom stereocenters. The molecule has 1 atom stereocenters. The second-order valence-corrected chi connectivity index (χ2v) is 8.81. The first-order valence-electron chi connectivity index (χ1n) is 8.68. The van der Waals surface area contributed by atoms with Crippen LogP contribution in [-0.2, 0) is 9.84 Å². The number of hydrogen-bond acceptors (Lipinski definition) is 5. The average Bonchev–Trinajstić information content (AvgIpc) is 3.25. The molecule has 2 aliphatic heterocycles. The minimum Gasteiger partial charge on any atom is -0.337 e. The Balaban J connectivity index is 1.79. The van der Waals surface area contributed by atoms with Crippen LogP contribution >= 0.6 is 0 Å². The van der Waals surface area contributed by atoms with E-state index in [1.807, 2.05) is 6.92 Å². The van der Waals surface area contributed by atoms with E-state index in [1.165, 1.54) is 12.3 Å². The summed E-state index contributed by atoms with van der Waals surface area (Å²) in [5.74, 6) is -0.269. The van der Waals surface area contributed by atoms with Crippen LogP contribution < -0.4 is 0 Å². The van der Waals surface area contributed by atoms with Crippen LogP contribution in [0.15, 0.2) is 18.3 Å². The van der Waals surface area contributed by atoms with Gasteiger partial charge in [0.2, 0.25) is 0 Å². The van der Waals surface area contributed by atoms with Gasteiger partial charge in [-0.05, 0) is 38.3 Å². The van der Waals surface area contributed by atoms with E-state index >= 15 is 0 Å². The average molecular weight is 365 g/mol. The molecular formula is C17H23N3O4S. The Bertz CT molecular complexity index is 772. The normalized spacial score (nSPS) is 22.1. The zero-order valence-electron chi connectivity index (χ0n) is 14.3. The van der Waals surface area contributed by atoms with Gasteiger partial charge in [0.25, 0.3) is 11.8 Å². The molecule has 2 amide bonds. The summed E-state index contributed by atoms with van der Waals surface area (Å²) in [6, 6.07) is 2.80. The van der Waals surface area contributed by atoms with Crippen molar-refractivity contribution >= 4 is 21.7 Å². The van der Waals surface area contributed by atoms with E-state index in [4.69, 9.17) is 0 Å². The third kappa shape index (κ3) is 3.84. The molecule has 2 fully saturated rings. The second-order valence-electron chi connectivity index (χ2n) is 6.58. The van der Waals surface area contributed by atoms with Gasteiger partial charge in [0.05, 0.1) is 11.5 Å². The fourth-order valence-corrected chi connectivity index (χ4v) is 5.25. The SMILES string of the molecule is CCN(C(=O)c1ccnc(C(=O)N2CCCC2)c1)C1CCS(=O)(=O)C1. The Labute approximate surface area is 147 Å². The molecule has 3 heterocycles. The van der Waals surface area contributed by atoms with E-state index in [9.17, 15) is 18.0 Å². The fourth-order valence-electron chi connectivity index (χ4n) is 3.52. The molecule has 2 aliphatic rings. The highest BCUT2D eigenvalue weighted by atomic mass is 32.2. The summed E-state index contributed by atoms with van der Waals surface area (Å²) in [6.45, 7) is 3.70. The minimum atomic E-state index is -3.07. The van der Waals surface area contributed by atoms with Gasteiger partial charge in [0, 0.05) is 37.4 Å². The minimum absolute atomic E-state index is 0.0111. The summed E-state index contributed by atoms with van der Waals surface area (Å²) in [7, 11) is -3.07. The summed E-state index contributed by atoms with van der Waals surface area (Å²) in [4.78, 5) is 32.8. The standard InChI is InChI=1S/C17H23N3O4S/c1-2-20(14-6-10-25(23,24)12-14)16(21)13-5-7-18-15(11-13)17(22)19-8-3-4-9-19/h5,7,11,14H,2-4,6,8-10,12H2,1H3. The number of rotatable bonds is 4. The molecule has 0 saturated carbocycles. The molecule has 136 valence electrons. The van der Waals surface area contributed by atoms with Crippen molar-refractivity contribution in [1.82, 2.24) is 14.8 Å². The number of likely N-dealkylation sites (tertiary alicyclic amines) is 1. The third-order valence-corrected chi connectivity index (χ3v) is 6.62. The van der Waals surface area contributed by atoms with Crippen molar-refractivity contribution in [2.24, 2.45) is 0 Å². The third-order valence-electron chi connectivity index (χ3n) is 4.87. The zero-order valence-corrected chi connectivity index (χ0v) is 15.2. The van der Waals surface area contributed by atoms with Crippen molar-refractivity contribution in [2.75, 3.05) is 31.1 Å². The molecule has 25 heavy (non-hydrogen) atoms. The Morgan fingerprint density at radius 2 is 2.04 bits per heavy atom. The Morgan fingerprint density at radius 1 is 1.32 bits per heavy atom. The lowest BCUT2D eigenvalue weighted by Crippen LogP contribution is -2.41. The van der Waals surface area contributed by atoms with Gasteiger partial charge in [-0.2, -0.15) is 0 Å². The van der Waals surface area contributed by atoms with Crippen LogP contribution in [0.5, 0.6) is 0 Å². The highest BCUT2D eigenvalue weighted by Gasteiger charge is 2.34. The summed E-state index contributed by atoms with van der Waals surface area (Å²) in [5, 5.41) is 0. The number of pyridine rings is 1. The Hall–Kier alpha value is -1.96. The number of amides is 2. The monoisotopic (exact) mass is 365 g/mol. The fraction of sp³-hybridized carbons (Fsp3) is 0.588. The highest BCUT2D eigenvalue weighted by Crippen LogP contribution is 2.20. The maximum atomic E-state index is 12.8. The summed E-state index contributed by atoms with van der Waals surface area (Å²) < 4.78 is 23.4. The lowest BCUT2D eigenvalue weighted by molar-refractivity contribution is 0.0708. The number of hydrogen-bond donors (Lipinski definition) is 0. The van der Waals surface area contributed by atoms with E-state index in [0.717, 1.165) is 25.9 Å². The molecule has 7 nitrogen and oxygen atoms in total. The Morgan fingerprint density at radius 3 is 2.64 bits per heavy atom. The van der Waals surface area contributed by atoms with Crippen molar-refractivity contribution < 1.29 is 18.0 Å². The number of nitrogens with zero attached hydrogens (tertiary/aromatic N) is 3. The Kier molecular flexibility index (Phi) is 5.08. The van der Waals surface area contributed by atoms with Crippen molar-refractivity contribution in [3.63, 3.8) is 0 Å². The van der Waals surface area contributed by atoms with Crippen molar-refractivity contribution in [3.8, 4) is 0 Å². The summed E-state index contributed by atoms with van der Waals surface area (Å²) >= 11 is 0. The predicted molar refractivity (Wildman–Crippen MR) is 93.1 cm³/mol. The van der Waals surface area contributed by atoms with Crippen molar-refractivity contribution in [2.45, 2.75) is 32.2 Å². The van der Waals surface area contributed by atoms with Crippen LogP contribution in [0.4, 0.5) is 0 Å². The molecule has 1 aromatic rings. The molecule has 2 saturated heterocycles. The molecule has 0 aliphatic carbocycles. The van der Waals surface area contributed by atoms with Gasteiger partial charge in [0.15, 0.2) is 9.84 Å². The molecular weight excluding hydrogens is 342 g/mol. The maximum absolute atomic E-state index is 12.8. The van der Waals surface area contributed by atoms with Crippen LogP contribution in [0.3, 0.4) is 0 Å². The molecule has 0 N–H and O–H groups in total. The number of carbonyl (C=O) groups excluding carboxylic acids is 2. The van der Waals surface area contributed by atoms with Gasteiger partial charge in [0.1, 0.15) is 5.69 Å². The molecule has 0 spiro atoms. The van der Waals surface area contributed by atoms with E-state index in [2.05, 4.69) is 4.98 Å². The van der Waals surface area contributed by atoms with E-state index in [0.29, 0.717) is 18.5 Å². The maximum Gasteiger partial charge on any atom is 0.272 e. The topological polar surface area (TPSA) is 87.7 Å². The number of aromatic nitrogens is 1. The first-order chi connectivity index (χ1) is 11.9. The zero-order chi connectivity index (χ0) is 18.0. The lowest BCUT2D eigenvalue weighted by atomic mass is 10.1. The van der Waals surface area contributed by atoms with Gasteiger partial charge in [-0.25, -0.2) is 8.42 Å². The van der Waals surface area contributed by atoms with Gasteiger partial charge in [-0.3, -0.25) is 14.6 Å². The molecule has 0 radical (unpaired) electrons. The van der Waals surface area contributed by atoms with Crippen LogP contribution in [0.25, 0.3) is 0 Å². The van der Waals surface area contributed by atoms with Crippen LogP contribution in [0, 0.1) is 0 Å². The molecule has 0 aromatic carbocycles. The molecule has 1 aromatic heterocycles. The largest absolute Gasteiger partial charge is 0.337 e. The quantitative estimate of drug-likeness (QED) is 0.793. The summed E-state index contributed by atoms with van der Waals surface area (Å²) in [5.41, 5.74) is 0.645. The van der Waals surface area contributed by atoms with Gasteiger partial charge < -0.3 is 9.80 Å². The molecule has 3 rings (SSSR count). The first-order valence-corrected chi connectivity index (χ1v) is 10.5. The second kappa shape index (κ2) is 7.11. The van der Waals surface area contributed by atoms with Crippen molar-refractivity contribution in [1.29, 1.82) is 0 Å². The van der Waals surface area contributed by atoms with Gasteiger partial charge in [-0.1, -0.05) is 0 Å². The van der Waals surface area contributed by atoms with Crippen LogP contribution in [0.1, 0.15) is 47.0 Å². The van der Waals surface area contributed by atoms with Gasteiger partial charge in [-0.15, -0.1) is 0 Å². The van der Waals surface area contributed by atoms with Crippen LogP contribution in [0.2, 0.25) is 0 Å². The first kappa shape index (κ1) is 17.8. The van der Waals surface area contributed by atoms with Gasteiger partial charge >= 0.3 is 0 Å². The number of sulfone groups is 1.